The van der Waals surface area contributed by atoms with Crippen LogP contribution < -0.4 is 5.32 Å². The van der Waals surface area contributed by atoms with E-state index >= 15 is 0 Å². The lowest BCUT2D eigenvalue weighted by atomic mass is 10.0. The van der Waals surface area contributed by atoms with Gasteiger partial charge in [-0.15, -0.1) is 11.3 Å². The number of amides is 2. The number of anilines is 1. The lowest BCUT2D eigenvalue weighted by Crippen LogP contribution is -2.41. The standard InChI is InChI=1S/C17H25N3O4S/c1-11(2)16(23)19-17-18-13(10-25-17)7-15(22)24-9-14(21)20-6-4-5-12(3)8-20/h10-12H,4-9H2,1-3H3,(H,18,19,23). The van der Waals surface area contributed by atoms with Crippen molar-refractivity contribution in [3.8, 4) is 0 Å². The average Bonchev–Trinajstić information content (AvgIpc) is 2.99. The maximum Gasteiger partial charge on any atom is 0.312 e. The van der Waals surface area contributed by atoms with Gasteiger partial charge in [0.2, 0.25) is 5.91 Å². The Hall–Kier alpha value is -1.96. The largest absolute Gasteiger partial charge is 0.455 e. The van der Waals surface area contributed by atoms with Crippen LogP contribution in [0.2, 0.25) is 0 Å². The van der Waals surface area contributed by atoms with Crippen molar-refractivity contribution >= 4 is 34.3 Å². The van der Waals surface area contributed by atoms with Gasteiger partial charge in [-0.05, 0) is 18.8 Å². The number of aromatic nitrogens is 1. The summed E-state index contributed by atoms with van der Waals surface area (Å²) in [5.74, 6) is -0.415. The first-order valence-electron chi connectivity index (χ1n) is 8.53. The summed E-state index contributed by atoms with van der Waals surface area (Å²) in [6.45, 7) is 6.92. The number of thiazole rings is 1. The van der Waals surface area contributed by atoms with Gasteiger partial charge in [-0.3, -0.25) is 14.4 Å². The van der Waals surface area contributed by atoms with E-state index in [0.29, 0.717) is 16.7 Å². The molecule has 1 aliphatic rings. The summed E-state index contributed by atoms with van der Waals surface area (Å²) < 4.78 is 5.07. The summed E-state index contributed by atoms with van der Waals surface area (Å²) in [5, 5.41) is 4.85. The van der Waals surface area contributed by atoms with E-state index in [9.17, 15) is 14.4 Å². The number of nitrogens with one attached hydrogen (secondary N) is 1. The molecule has 0 aromatic carbocycles. The molecule has 1 aliphatic heterocycles. The van der Waals surface area contributed by atoms with Gasteiger partial charge in [0, 0.05) is 24.4 Å². The topological polar surface area (TPSA) is 88.6 Å². The van der Waals surface area contributed by atoms with Gasteiger partial charge in [0.15, 0.2) is 11.7 Å². The molecule has 1 N–H and O–H groups in total. The number of esters is 1. The molecule has 2 rings (SSSR count). The molecule has 1 saturated heterocycles. The monoisotopic (exact) mass is 367 g/mol. The molecule has 7 nitrogen and oxygen atoms in total. The Bertz CT molecular complexity index is 629. The highest BCUT2D eigenvalue weighted by Gasteiger charge is 2.22. The molecule has 1 aromatic heterocycles. The van der Waals surface area contributed by atoms with E-state index in [2.05, 4.69) is 17.2 Å². The van der Waals surface area contributed by atoms with Crippen molar-refractivity contribution in [1.82, 2.24) is 9.88 Å². The van der Waals surface area contributed by atoms with Crippen LogP contribution in [0.25, 0.3) is 0 Å². The molecule has 1 fully saturated rings. The number of hydrogen-bond donors (Lipinski definition) is 1. The van der Waals surface area contributed by atoms with Crippen molar-refractivity contribution < 1.29 is 19.1 Å². The third kappa shape index (κ3) is 6.12. The number of likely N-dealkylation sites (tertiary alicyclic amines) is 1. The van der Waals surface area contributed by atoms with Gasteiger partial charge in [-0.25, -0.2) is 4.98 Å². The fourth-order valence-electron chi connectivity index (χ4n) is 2.54. The average molecular weight is 367 g/mol. The lowest BCUT2D eigenvalue weighted by molar-refractivity contribution is -0.152. The SMILES string of the molecule is CC1CCCN(C(=O)COC(=O)Cc2csc(NC(=O)C(C)C)n2)C1. The van der Waals surface area contributed by atoms with E-state index in [0.717, 1.165) is 25.9 Å². The van der Waals surface area contributed by atoms with Crippen LogP contribution in [0.15, 0.2) is 5.38 Å². The second kappa shape index (κ2) is 8.94. The molecular formula is C17H25N3O4S. The molecule has 138 valence electrons. The highest BCUT2D eigenvalue weighted by atomic mass is 32.1. The molecule has 0 aliphatic carbocycles. The van der Waals surface area contributed by atoms with Gasteiger partial charge >= 0.3 is 5.97 Å². The molecule has 2 heterocycles. The van der Waals surface area contributed by atoms with Crippen molar-refractivity contribution in [3.63, 3.8) is 0 Å². The molecule has 1 aromatic rings. The molecule has 0 radical (unpaired) electrons. The van der Waals surface area contributed by atoms with Gasteiger partial charge in [0.25, 0.3) is 5.91 Å². The van der Waals surface area contributed by atoms with Crippen molar-refractivity contribution in [2.75, 3.05) is 25.0 Å². The van der Waals surface area contributed by atoms with E-state index < -0.39 is 5.97 Å². The molecule has 25 heavy (non-hydrogen) atoms. The summed E-state index contributed by atoms with van der Waals surface area (Å²) in [5.41, 5.74) is 0.521. The van der Waals surface area contributed by atoms with Crippen molar-refractivity contribution in [2.24, 2.45) is 11.8 Å². The molecule has 1 atom stereocenters. The minimum Gasteiger partial charge on any atom is -0.455 e. The van der Waals surface area contributed by atoms with Crippen molar-refractivity contribution in [2.45, 2.75) is 40.0 Å². The van der Waals surface area contributed by atoms with Crippen molar-refractivity contribution in [3.05, 3.63) is 11.1 Å². The number of ether oxygens (including phenoxy) is 1. The third-order valence-electron chi connectivity index (χ3n) is 4.00. The summed E-state index contributed by atoms with van der Waals surface area (Å²) in [4.78, 5) is 41.5. The van der Waals surface area contributed by atoms with Crippen LogP contribution in [0.1, 0.15) is 39.3 Å². The minimum atomic E-state index is -0.495. The van der Waals surface area contributed by atoms with E-state index in [1.807, 2.05) is 0 Å². The Labute approximate surface area is 151 Å². The highest BCUT2D eigenvalue weighted by Crippen LogP contribution is 2.17. The fourth-order valence-corrected chi connectivity index (χ4v) is 3.26. The smallest absolute Gasteiger partial charge is 0.312 e. The molecule has 0 spiro atoms. The van der Waals surface area contributed by atoms with Crippen LogP contribution in [0, 0.1) is 11.8 Å². The van der Waals surface area contributed by atoms with Crippen LogP contribution in [0.4, 0.5) is 5.13 Å². The zero-order valence-corrected chi connectivity index (χ0v) is 15.7. The quantitative estimate of drug-likeness (QED) is 0.778. The second-order valence-electron chi connectivity index (χ2n) is 6.71. The first kappa shape index (κ1) is 19.4. The highest BCUT2D eigenvalue weighted by molar-refractivity contribution is 7.13. The van der Waals surface area contributed by atoms with Crippen LogP contribution in [-0.2, 0) is 25.5 Å². The normalized spacial score (nSPS) is 17.4. The van der Waals surface area contributed by atoms with Gasteiger partial charge in [-0.2, -0.15) is 0 Å². The van der Waals surface area contributed by atoms with Crippen LogP contribution in [-0.4, -0.2) is 47.4 Å². The Morgan fingerprint density at radius 2 is 2.20 bits per heavy atom. The molecule has 1 unspecified atom stereocenters. The number of nitrogens with zero attached hydrogens (tertiary/aromatic N) is 2. The first-order chi connectivity index (χ1) is 11.8. The Morgan fingerprint density at radius 1 is 1.44 bits per heavy atom. The summed E-state index contributed by atoms with van der Waals surface area (Å²) in [6.07, 6.45) is 2.10. The van der Waals surface area contributed by atoms with E-state index in [4.69, 9.17) is 4.74 Å². The third-order valence-corrected chi connectivity index (χ3v) is 4.80. The lowest BCUT2D eigenvalue weighted by Gasteiger charge is -2.30. The van der Waals surface area contributed by atoms with Crippen LogP contribution in [0.3, 0.4) is 0 Å². The maximum atomic E-state index is 12.1. The van der Waals surface area contributed by atoms with Gasteiger partial charge < -0.3 is 15.0 Å². The maximum absolute atomic E-state index is 12.1. The van der Waals surface area contributed by atoms with E-state index in [-0.39, 0.29) is 30.8 Å². The Kier molecular flexibility index (Phi) is 6.92. The van der Waals surface area contributed by atoms with Crippen LogP contribution >= 0.6 is 11.3 Å². The predicted octanol–water partition coefficient (Wildman–Crippen LogP) is 2.08. The molecule has 8 heteroatoms. The predicted molar refractivity (Wildman–Crippen MR) is 95.2 cm³/mol. The van der Waals surface area contributed by atoms with Gasteiger partial charge in [0.05, 0.1) is 12.1 Å². The van der Waals surface area contributed by atoms with Crippen LogP contribution in [0.5, 0.6) is 0 Å². The van der Waals surface area contributed by atoms with E-state index in [1.54, 1.807) is 24.1 Å². The number of hydrogen-bond acceptors (Lipinski definition) is 6. The fraction of sp³-hybridized carbons (Fsp3) is 0.647. The second-order valence-corrected chi connectivity index (χ2v) is 7.57. The zero-order valence-electron chi connectivity index (χ0n) is 14.9. The first-order valence-corrected chi connectivity index (χ1v) is 9.41. The molecule has 0 bridgehead atoms. The molecule has 0 saturated carbocycles. The zero-order chi connectivity index (χ0) is 18.4. The van der Waals surface area contributed by atoms with Crippen molar-refractivity contribution in [1.29, 1.82) is 0 Å². The van der Waals surface area contributed by atoms with Gasteiger partial charge in [-0.1, -0.05) is 20.8 Å². The Balaban J connectivity index is 1.76. The summed E-state index contributed by atoms with van der Waals surface area (Å²) in [7, 11) is 0. The summed E-state index contributed by atoms with van der Waals surface area (Å²) >= 11 is 1.26. The number of carbonyl (C=O) groups excluding carboxylic acids is 3. The number of carbonyl (C=O) groups is 3. The molecular weight excluding hydrogens is 342 g/mol. The Morgan fingerprint density at radius 3 is 2.88 bits per heavy atom. The minimum absolute atomic E-state index is 0.0161. The number of rotatable bonds is 6. The number of piperidine rings is 1. The summed E-state index contributed by atoms with van der Waals surface area (Å²) in [6, 6.07) is 0. The van der Waals surface area contributed by atoms with Gasteiger partial charge in [0.1, 0.15) is 0 Å². The molecule has 2 amide bonds. The van der Waals surface area contributed by atoms with E-state index in [1.165, 1.54) is 11.3 Å².